The molecule has 0 radical (unpaired) electrons. The van der Waals surface area contributed by atoms with Crippen LogP contribution >= 0.6 is 0 Å². The van der Waals surface area contributed by atoms with Gasteiger partial charge in [-0.15, -0.1) is 0 Å². The summed E-state index contributed by atoms with van der Waals surface area (Å²) in [5.41, 5.74) is -0.213. The Bertz CT molecular complexity index is 741. The molecule has 0 aliphatic rings. The van der Waals surface area contributed by atoms with E-state index in [4.69, 9.17) is 10.00 Å². The standard InChI is InChI=1S/C14H8F2N2O3/c15-11-5-4-9(7-17)10(6-11)8-21-14-12(16)2-1-3-13(14)18(19)20/h1-6H,8H2. The molecule has 0 heterocycles. The zero-order valence-corrected chi connectivity index (χ0v) is 10.5. The maximum atomic E-state index is 13.6. The van der Waals surface area contributed by atoms with Crippen LogP contribution in [0.1, 0.15) is 11.1 Å². The summed E-state index contributed by atoms with van der Waals surface area (Å²) in [5, 5.41) is 19.7. The van der Waals surface area contributed by atoms with Crippen molar-refractivity contribution in [2.45, 2.75) is 6.61 Å². The van der Waals surface area contributed by atoms with Gasteiger partial charge in [0.25, 0.3) is 0 Å². The Balaban J connectivity index is 2.31. The van der Waals surface area contributed by atoms with Gasteiger partial charge in [0.15, 0.2) is 5.82 Å². The Hall–Kier alpha value is -3.01. The van der Waals surface area contributed by atoms with E-state index in [9.17, 15) is 18.9 Å². The molecule has 7 heteroatoms. The summed E-state index contributed by atoms with van der Waals surface area (Å²) in [4.78, 5) is 10.0. The highest BCUT2D eigenvalue weighted by Gasteiger charge is 2.19. The molecule has 106 valence electrons. The van der Waals surface area contributed by atoms with Gasteiger partial charge in [0, 0.05) is 11.6 Å². The molecule has 0 saturated carbocycles. The average Bonchev–Trinajstić information content (AvgIpc) is 2.45. The van der Waals surface area contributed by atoms with E-state index in [0.717, 1.165) is 24.3 Å². The van der Waals surface area contributed by atoms with Gasteiger partial charge in [0.2, 0.25) is 5.75 Å². The van der Waals surface area contributed by atoms with Crippen molar-refractivity contribution in [2.24, 2.45) is 0 Å². The average molecular weight is 290 g/mol. The smallest absolute Gasteiger partial charge is 0.314 e. The van der Waals surface area contributed by atoms with Gasteiger partial charge in [-0.2, -0.15) is 5.26 Å². The lowest BCUT2D eigenvalue weighted by atomic mass is 10.1. The maximum absolute atomic E-state index is 13.6. The van der Waals surface area contributed by atoms with Crippen LogP contribution < -0.4 is 4.74 Å². The number of benzene rings is 2. The van der Waals surface area contributed by atoms with Gasteiger partial charge >= 0.3 is 5.69 Å². The van der Waals surface area contributed by atoms with Crippen LogP contribution in [0.5, 0.6) is 5.75 Å². The van der Waals surface area contributed by atoms with E-state index < -0.39 is 28.0 Å². The number of nitro groups is 1. The van der Waals surface area contributed by atoms with E-state index in [1.165, 1.54) is 12.1 Å². The van der Waals surface area contributed by atoms with E-state index in [2.05, 4.69) is 0 Å². The number of para-hydroxylation sites is 1. The summed E-state index contributed by atoms with van der Waals surface area (Å²) in [6, 6.07) is 8.55. The first kappa shape index (κ1) is 14.4. The molecular formula is C14H8F2N2O3. The van der Waals surface area contributed by atoms with Gasteiger partial charge in [-0.25, -0.2) is 8.78 Å². The van der Waals surface area contributed by atoms with Crippen molar-refractivity contribution in [3.05, 3.63) is 69.3 Å². The lowest BCUT2D eigenvalue weighted by Gasteiger charge is -2.09. The fraction of sp³-hybridized carbons (Fsp3) is 0.0714. The van der Waals surface area contributed by atoms with Crippen LogP contribution in [0, 0.1) is 33.1 Å². The molecule has 0 atom stereocenters. The van der Waals surface area contributed by atoms with Gasteiger partial charge < -0.3 is 4.74 Å². The second kappa shape index (κ2) is 5.96. The predicted octanol–water partition coefficient (Wildman–Crippen LogP) is 3.32. The Kier molecular flexibility index (Phi) is 4.09. The zero-order valence-electron chi connectivity index (χ0n) is 10.5. The van der Waals surface area contributed by atoms with Crippen molar-refractivity contribution in [3.8, 4) is 11.8 Å². The molecule has 0 aliphatic carbocycles. The molecule has 0 amide bonds. The van der Waals surface area contributed by atoms with E-state index in [1.54, 1.807) is 0 Å². The topological polar surface area (TPSA) is 76.2 Å². The van der Waals surface area contributed by atoms with Gasteiger partial charge in [-0.05, 0) is 24.3 Å². The summed E-state index contributed by atoms with van der Waals surface area (Å²) < 4.78 is 31.8. The number of nitro benzene ring substituents is 1. The summed E-state index contributed by atoms with van der Waals surface area (Å²) in [6.45, 7) is -0.359. The quantitative estimate of drug-likeness (QED) is 0.639. The summed E-state index contributed by atoms with van der Waals surface area (Å²) in [5.74, 6) is -2.04. The van der Waals surface area contributed by atoms with Crippen LogP contribution in [-0.4, -0.2) is 4.92 Å². The largest absolute Gasteiger partial charge is 0.480 e. The van der Waals surface area contributed by atoms with Crippen molar-refractivity contribution >= 4 is 5.69 Å². The van der Waals surface area contributed by atoms with Gasteiger partial charge in [-0.1, -0.05) is 6.07 Å². The lowest BCUT2D eigenvalue weighted by Crippen LogP contribution is -2.03. The Labute approximate surface area is 118 Å². The minimum Gasteiger partial charge on any atom is -0.480 e. The lowest BCUT2D eigenvalue weighted by molar-refractivity contribution is -0.386. The first-order valence-corrected chi connectivity index (χ1v) is 5.77. The molecule has 0 bridgehead atoms. The first-order chi connectivity index (χ1) is 10.0. The number of nitrogens with zero attached hydrogens (tertiary/aromatic N) is 2. The van der Waals surface area contributed by atoms with Crippen molar-refractivity contribution < 1.29 is 18.4 Å². The molecule has 0 N–H and O–H groups in total. The summed E-state index contributed by atoms with van der Waals surface area (Å²) in [7, 11) is 0. The normalized spacial score (nSPS) is 9.95. The molecule has 0 aromatic heterocycles. The van der Waals surface area contributed by atoms with Gasteiger partial charge in [0.1, 0.15) is 12.4 Å². The minimum absolute atomic E-state index is 0.149. The van der Waals surface area contributed by atoms with E-state index in [-0.39, 0.29) is 17.7 Å². The first-order valence-electron chi connectivity index (χ1n) is 5.77. The number of hydrogen-bond donors (Lipinski definition) is 0. The van der Waals surface area contributed by atoms with Crippen molar-refractivity contribution in [1.82, 2.24) is 0 Å². The number of ether oxygens (including phenoxy) is 1. The molecule has 0 saturated heterocycles. The third kappa shape index (κ3) is 3.12. The molecule has 2 aromatic carbocycles. The summed E-state index contributed by atoms with van der Waals surface area (Å²) >= 11 is 0. The van der Waals surface area contributed by atoms with Crippen LogP contribution in [-0.2, 0) is 6.61 Å². The van der Waals surface area contributed by atoms with Crippen LogP contribution in [0.15, 0.2) is 36.4 Å². The third-order valence-electron chi connectivity index (χ3n) is 2.70. The van der Waals surface area contributed by atoms with Gasteiger partial charge in [0.05, 0.1) is 16.6 Å². The van der Waals surface area contributed by atoms with Crippen molar-refractivity contribution in [1.29, 1.82) is 5.26 Å². The molecule has 5 nitrogen and oxygen atoms in total. The van der Waals surface area contributed by atoms with Crippen molar-refractivity contribution in [3.63, 3.8) is 0 Å². The highest BCUT2D eigenvalue weighted by atomic mass is 19.1. The summed E-state index contributed by atoms with van der Waals surface area (Å²) in [6.07, 6.45) is 0. The third-order valence-corrected chi connectivity index (χ3v) is 2.70. The zero-order chi connectivity index (χ0) is 15.4. The van der Waals surface area contributed by atoms with Crippen LogP contribution in [0.25, 0.3) is 0 Å². The monoisotopic (exact) mass is 290 g/mol. The molecule has 2 aromatic rings. The Morgan fingerprint density at radius 1 is 1.29 bits per heavy atom. The van der Waals surface area contributed by atoms with E-state index in [1.807, 2.05) is 6.07 Å². The fourth-order valence-electron chi connectivity index (χ4n) is 1.72. The van der Waals surface area contributed by atoms with Crippen LogP contribution in [0.3, 0.4) is 0 Å². The maximum Gasteiger partial charge on any atom is 0.314 e. The molecular weight excluding hydrogens is 282 g/mol. The number of rotatable bonds is 4. The van der Waals surface area contributed by atoms with Crippen LogP contribution in [0.2, 0.25) is 0 Å². The van der Waals surface area contributed by atoms with Crippen LogP contribution in [0.4, 0.5) is 14.5 Å². The second-order valence-electron chi connectivity index (χ2n) is 4.05. The second-order valence-corrected chi connectivity index (χ2v) is 4.05. The van der Waals surface area contributed by atoms with Crippen molar-refractivity contribution in [2.75, 3.05) is 0 Å². The highest BCUT2D eigenvalue weighted by Crippen LogP contribution is 2.30. The molecule has 2 rings (SSSR count). The molecule has 21 heavy (non-hydrogen) atoms. The molecule has 0 fully saturated rings. The fourth-order valence-corrected chi connectivity index (χ4v) is 1.72. The Morgan fingerprint density at radius 3 is 2.71 bits per heavy atom. The Morgan fingerprint density at radius 2 is 2.05 bits per heavy atom. The van der Waals surface area contributed by atoms with Gasteiger partial charge in [-0.3, -0.25) is 10.1 Å². The number of nitriles is 1. The predicted molar refractivity (Wildman–Crippen MR) is 68.5 cm³/mol. The van der Waals surface area contributed by atoms with E-state index >= 15 is 0 Å². The minimum atomic E-state index is -0.904. The molecule has 0 spiro atoms. The molecule has 0 aliphatic heterocycles. The highest BCUT2D eigenvalue weighted by molar-refractivity contribution is 5.47. The molecule has 0 unspecified atom stereocenters. The number of hydrogen-bond acceptors (Lipinski definition) is 4. The SMILES string of the molecule is N#Cc1ccc(F)cc1COc1c(F)cccc1[N+](=O)[O-]. The van der Waals surface area contributed by atoms with E-state index in [0.29, 0.717) is 0 Å². The number of halogens is 2.